The molecule has 0 saturated carbocycles. The summed E-state index contributed by atoms with van der Waals surface area (Å²) < 4.78 is 0. The number of rotatable bonds is 5. The Morgan fingerprint density at radius 3 is 2.75 bits per heavy atom. The van der Waals surface area contributed by atoms with Crippen LogP contribution in [-0.4, -0.2) is 28.8 Å². The third-order valence-corrected chi connectivity index (χ3v) is 4.62. The maximum Gasteiger partial charge on any atom is 0.233 e. The van der Waals surface area contributed by atoms with Gasteiger partial charge in [0.2, 0.25) is 5.91 Å². The van der Waals surface area contributed by atoms with E-state index in [1.54, 1.807) is 11.8 Å². The molecule has 1 fully saturated rings. The van der Waals surface area contributed by atoms with Crippen molar-refractivity contribution in [3.05, 3.63) is 0 Å². The average molecular weight is 264 g/mol. The summed E-state index contributed by atoms with van der Waals surface area (Å²) >= 11 is 7.55. The molecule has 2 atom stereocenters. The molecule has 2 nitrogen and oxygen atoms in total. The minimum atomic E-state index is 0.172. The molecule has 16 heavy (non-hydrogen) atoms. The van der Waals surface area contributed by atoms with Crippen LogP contribution in [0.25, 0.3) is 0 Å². The molecule has 0 bridgehead atoms. The van der Waals surface area contributed by atoms with Crippen molar-refractivity contribution in [3.8, 4) is 0 Å². The van der Waals surface area contributed by atoms with Crippen LogP contribution in [0.5, 0.6) is 0 Å². The SMILES string of the molecule is CC(C)C(CCCl)NC(=O)C1CCCCS1. The highest BCUT2D eigenvalue weighted by Crippen LogP contribution is 2.25. The van der Waals surface area contributed by atoms with E-state index in [4.69, 9.17) is 11.6 Å². The van der Waals surface area contributed by atoms with Crippen LogP contribution in [0.4, 0.5) is 0 Å². The third-order valence-electron chi connectivity index (χ3n) is 3.02. The summed E-state index contributed by atoms with van der Waals surface area (Å²) in [6.07, 6.45) is 4.33. The first-order chi connectivity index (χ1) is 7.65. The molecule has 2 unspecified atom stereocenters. The quantitative estimate of drug-likeness (QED) is 0.773. The standard InChI is InChI=1S/C12H22ClNOS/c1-9(2)10(6-7-13)14-12(15)11-5-3-4-8-16-11/h9-11H,3-8H2,1-2H3,(H,14,15). The van der Waals surface area contributed by atoms with E-state index in [0.29, 0.717) is 11.8 Å². The zero-order chi connectivity index (χ0) is 12.0. The van der Waals surface area contributed by atoms with Gasteiger partial charge in [-0.25, -0.2) is 0 Å². The van der Waals surface area contributed by atoms with Crippen LogP contribution in [0.15, 0.2) is 0 Å². The van der Waals surface area contributed by atoms with Crippen molar-refractivity contribution < 1.29 is 4.79 Å². The summed E-state index contributed by atoms with van der Waals surface area (Å²) in [4.78, 5) is 12.0. The van der Waals surface area contributed by atoms with Crippen LogP contribution in [0, 0.1) is 5.92 Å². The molecule has 0 radical (unpaired) electrons. The molecule has 0 aromatic heterocycles. The zero-order valence-corrected chi connectivity index (χ0v) is 11.7. The van der Waals surface area contributed by atoms with Gasteiger partial charge in [-0.1, -0.05) is 20.3 Å². The molecular formula is C12H22ClNOS. The number of carbonyl (C=O) groups is 1. The summed E-state index contributed by atoms with van der Waals surface area (Å²) in [6.45, 7) is 4.26. The Morgan fingerprint density at radius 2 is 2.25 bits per heavy atom. The van der Waals surface area contributed by atoms with Crippen molar-refractivity contribution >= 4 is 29.3 Å². The van der Waals surface area contributed by atoms with Crippen LogP contribution < -0.4 is 5.32 Å². The van der Waals surface area contributed by atoms with E-state index in [1.165, 1.54) is 12.8 Å². The summed E-state index contributed by atoms with van der Waals surface area (Å²) in [5.41, 5.74) is 0. The molecule has 1 heterocycles. The van der Waals surface area contributed by atoms with E-state index in [0.717, 1.165) is 18.6 Å². The Bertz CT molecular complexity index is 217. The second-order valence-electron chi connectivity index (χ2n) is 4.69. The predicted molar refractivity (Wildman–Crippen MR) is 72.2 cm³/mol. The molecule has 1 saturated heterocycles. The fourth-order valence-corrected chi connectivity index (χ4v) is 3.36. The lowest BCUT2D eigenvalue weighted by atomic mass is 10.0. The van der Waals surface area contributed by atoms with Crippen LogP contribution >= 0.6 is 23.4 Å². The highest BCUT2D eigenvalue weighted by molar-refractivity contribution is 8.00. The minimum Gasteiger partial charge on any atom is -0.352 e. The second kappa shape index (κ2) is 7.44. The van der Waals surface area contributed by atoms with Gasteiger partial charge in [0.25, 0.3) is 0 Å². The van der Waals surface area contributed by atoms with E-state index in [1.807, 2.05) is 0 Å². The van der Waals surface area contributed by atoms with E-state index >= 15 is 0 Å². The van der Waals surface area contributed by atoms with Crippen LogP contribution in [0.1, 0.15) is 39.5 Å². The molecular weight excluding hydrogens is 242 g/mol. The fourth-order valence-electron chi connectivity index (χ4n) is 1.91. The number of halogens is 1. The van der Waals surface area contributed by atoms with Gasteiger partial charge >= 0.3 is 0 Å². The maximum atomic E-state index is 12.0. The van der Waals surface area contributed by atoms with Gasteiger partial charge < -0.3 is 5.32 Å². The second-order valence-corrected chi connectivity index (χ2v) is 6.38. The predicted octanol–water partition coefficient (Wildman–Crippen LogP) is 3.04. The molecule has 94 valence electrons. The van der Waals surface area contributed by atoms with Gasteiger partial charge in [-0.15, -0.1) is 23.4 Å². The first-order valence-electron chi connectivity index (χ1n) is 6.13. The van der Waals surface area contributed by atoms with E-state index < -0.39 is 0 Å². The molecule has 1 amide bonds. The van der Waals surface area contributed by atoms with Crippen molar-refractivity contribution in [2.24, 2.45) is 5.92 Å². The van der Waals surface area contributed by atoms with Crippen molar-refractivity contribution in [1.82, 2.24) is 5.32 Å². The van der Waals surface area contributed by atoms with Gasteiger partial charge in [-0.2, -0.15) is 0 Å². The Labute approximate surface area is 108 Å². The average Bonchev–Trinajstić information content (AvgIpc) is 2.29. The van der Waals surface area contributed by atoms with Crippen LogP contribution in [0.2, 0.25) is 0 Å². The van der Waals surface area contributed by atoms with Crippen molar-refractivity contribution in [2.45, 2.75) is 50.8 Å². The lowest BCUT2D eigenvalue weighted by Gasteiger charge is -2.26. The van der Waals surface area contributed by atoms with Crippen LogP contribution in [-0.2, 0) is 4.79 Å². The molecule has 1 N–H and O–H groups in total. The molecule has 1 aliphatic heterocycles. The van der Waals surface area contributed by atoms with Gasteiger partial charge in [-0.05, 0) is 30.9 Å². The van der Waals surface area contributed by atoms with Crippen molar-refractivity contribution in [2.75, 3.05) is 11.6 Å². The lowest BCUT2D eigenvalue weighted by Crippen LogP contribution is -2.43. The number of alkyl halides is 1. The topological polar surface area (TPSA) is 29.1 Å². The minimum absolute atomic E-state index is 0.172. The zero-order valence-electron chi connectivity index (χ0n) is 10.2. The van der Waals surface area contributed by atoms with Crippen LogP contribution in [0.3, 0.4) is 0 Å². The molecule has 4 heteroatoms. The Balaban J connectivity index is 2.40. The van der Waals surface area contributed by atoms with Gasteiger partial charge in [0.1, 0.15) is 0 Å². The first-order valence-corrected chi connectivity index (χ1v) is 7.71. The number of thioether (sulfide) groups is 1. The highest BCUT2D eigenvalue weighted by atomic mass is 35.5. The Hall–Kier alpha value is 0.110. The number of carbonyl (C=O) groups excluding carboxylic acids is 1. The summed E-state index contributed by atoms with van der Waals surface area (Å²) in [5, 5.41) is 3.31. The van der Waals surface area contributed by atoms with E-state index in [2.05, 4.69) is 19.2 Å². The first kappa shape index (κ1) is 14.2. The summed E-state index contributed by atoms with van der Waals surface area (Å²) in [5.74, 6) is 2.41. The van der Waals surface area contributed by atoms with Gasteiger partial charge in [-0.3, -0.25) is 4.79 Å². The Morgan fingerprint density at radius 1 is 1.50 bits per heavy atom. The fraction of sp³-hybridized carbons (Fsp3) is 0.917. The molecule has 0 aliphatic carbocycles. The summed E-state index contributed by atoms with van der Waals surface area (Å²) in [6, 6.07) is 0.229. The molecule has 0 spiro atoms. The molecule has 0 aromatic carbocycles. The highest BCUT2D eigenvalue weighted by Gasteiger charge is 2.24. The monoisotopic (exact) mass is 263 g/mol. The number of hydrogen-bond acceptors (Lipinski definition) is 2. The maximum absolute atomic E-state index is 12.0. The van der Waals surface area contributed by atoms with E-state index in [9.17, 15) is 4.79 Å². The van der Waals surface area contributed by atoms with Gasteiger partial charge in [0.15, 0.2) is 0 Å². The third kappa shape index (κ3) is 4.54. The summed E-state index contributed by atoms with van der Waals surface area (Å²) in [7, 11) is 0. The Kier molecular flexibility index (Phi) is 6.59. The lowest BCUT2D eigenvalue weighted by molar-refractivity contribution is -0.121. The molecule has 1 rings (SSSR count). The number of hydrogen-bond donors (Lipinski definition) is 1. The largest absolute Gasteiger partial charge is 0.352 e. The van der Waals surface area contributed by atoms with Gasteiger partial charge in [0.05, 0.1) is 5.25 Å². The van der Waals surface area contributed by atoms with Gasteiger partial charge in [0, 0.05) is 11.9 Å². The molecule has 0 aromatic rings. The number of nitrogens with one attached hydrogen (secondary N) is 1. The smallest absolute Gasteiger partial charge is 0.233 e. The normalized spacial score (nSPS) is 23.1. The molecule has 1 aliphatic rings. The van der Waals surface area contributed by atoms with E-state index in [-0.39, 0.29) is 17.2 Å². The van der Waals surface area contributed by atoms with Crippen molar-refractivity contribution in [3.63, 3.8) is 0 Å². The van der Waals surface area contributed by atoms with Crippen molar-refractivity contribution in [1.29, 1.82) is 0 Å². The number of amides is 1.